The minimum absolute atomic E-state index is 0.0492. The molecule has 1 aliphatic heterocycles. The number of allylic oxidation sites excluding steroid dienone is 1. The Morgan fingerprint density at radius 2 is 2.00 bits per heavy atom. The summed E-state index contributed by atoms with van der Waals surface area (Å²) in [6, 6.07) is 6.98. The van der Waals surface area contributed by atoms with Crippen LogP contribution in [0.3, 0.4) is 0 Å². The quantitative estimate of drug-likeness (QED) is 0.478. The van der Waals surface area contributed by atoms with Gasteiger partial charge in [-0.25, -0.2) is 0 Å². The van der Waals surface area contributed by atoms with Crippen molar-refractivity contribution in [1.29, 1.82) is 0 Å². The summed E-state index contributed by atoms with van der Waals surface area (Å²) in [6.07, 6.45) is 9.18. The molecule has 1 aromatic heterocycles. The van der Waals surface area contributed by atoms with E-state index >= 15 is 0 Å². The largest absolute Gasteiger partial charge is 0.386 e. The molecule has 6 rings (SSSR count). The van der Waals surface area contributed by atoms with E-state index in [1.807, 2.05) is 13.0 Å². The van der Waals surface area contributed by atoms with Gasteiger partial charge >= 0.3 is 0 Å². The second kappa shape index (κ2) is 7.46. The molecule has 2 fully saturated rings. The summed E-state index contributed by atoms with van der Waals surface area (Å²) in [5, 5.41) is 12.3. The SMILES string of the molecule is C=CC(C)(C)c1ccc2c3c([nH]c2c1)[C@@]1(C)C(CCC2C4=CC(O)C(C(=C)C)OC4CCC21C)C3. The van der Waals surface area contributed by atoms with E-state index in [0.29, 0.717) is 11.8 Å². The molecule has 3 nitrogen and oxygen atoms in total. The van der Waals surface area contributed by atoms with Crippen LogP contribution in [0.25, 0.3) is 10.9 Å². The topological polar surface area (TPSA) is 45.2 Å². The first-order valence-electron chi connectivity index (χ1n) is 13.5. The number of H-pyrrole nitrogens is 1. The van der Waals surface area contributed by atoms with Crippen molar-refractivity contribution in [2.75, 3.05) is 0 Å². The fraction of sp³-hybridized carbons (Fsp3) is 0.562. The fourth-order valence-electron chi connectivity index (χ4n) is 8.39. The van der Waals surface area contributed by atoms with Gasteiger partial charge in [0.15, 0.2) is 0 Å². The van der Waals surface area contributed by atoms with Crippen molar-refractivity contribution in [1.82, 2.24) is 4.98 Å². The highest BCUT2D eigenvalue weighted by Crippen LogP contribution is 2.67. The zero-order valence-corrected chi connectivity index (χ0v) is 22.1. The Morgan fingerprint density at radius 3 is 2.71 bits per heavy atom. The first kappa shape index (κ1) is 23.3. The minimum Gasteiger partial charge on any atom is -0.386 e. The Morgan fingerprint density at radius 1 is 1.23 bits per heavy atom. The third kappa shape index (κ3) is 2.98. The summed E-state index contributed by atoms with van der Waals surface area (Å²) in [6.45, 7) is 19.6. The molecule has 2 N–H and O–H groups in total. The molecule has 0 saturated heterocycles. The summed E-state index contributed by atoms with van der Waals surface area (Å²) in [5.74, 6) is 1.10. The molecular formula is C32H41NO2. The zero-order valence-electron chi connectivity index (χ0n) is 22.1. The molecule has 2 saturated carbocycles. The van der Waals surface area contributed by atoms with E-state index in [1.165, 1.54) is 46.1 Å². The van der Waals surface area contributed by atoms with Crippen molar-refractivity contribution in [2.24, 2.45) is 17.3 Å². The number of hydrogen-bond acceptors (Lipinski definition) is 2. The molecule has 35 heavy (non-hydrogen) atoms. The van der Waals surface area contributed by atoms with Crippen LogP contribution in [0, 0.1) is 17.3 Å². The predicted octanol–water partition coefficient (Wildman–Crippen LogP) is 6.90. The summed E-state index contributed by atoms with van der Waals surface area (Å²) in [7, 11) is 0. The van der Waals surface area contributed by atoms with Crippen LogP contribution in [0.2, 0.25) is 0 Å². The number of hydrogen-bond donors (Lipinski definition) is 2. The molecule has 3 aliphatic carbocycles. The van der Waals surface area contributed by atoms with Crippen molar-refractivity contribution in [3.8, 4) is 0 Å². The van der Waals surface area contributed by atoms with Crippen molar-refractivity contribution < 1.29 is 9.84 Å². The molecule has 7 atom stereocenters. The third-order valence-corrected chi connectivity index (χ3v) is 10.9. The first-order chi connectivity index (χ1) is 16.5. The van der Waals surface area contributed by atoms with Gasteiger partial charge in [-0.1, -0.05) is 58.6 Å². The first-order valence-corrected chi connectivity index (χ1v) is 13.5. The monoisotopic (exact) mass is 471 g/mol. The van der Waals surface area contributed by atoms with E-state index in [9.17, 15) is 5.11 Å². The predicted molar refractivity (Wildman–Crippen MR) is 144 cm³/mol. The van der Waals surface area contributed by atoms with Gasteiger partial charge in [-0.05, 0) is 84.6 Å². The lowest BCUT2D eigenvalue weighted by atomic mass is 9.44. The molecule has 0 spiro atoms. The Bertz CT molecular complexity index is 1260. The number of benzene rings is 1. The number of fused-ring (bicyclic) bond motifs is 9. The Kier molecular flexibility index (Phi) is 4.97. The van der Waals surface area contributed by atoms with Gasteiger partial charge in [0.2, 0.25) is 0 Å². The molecule has 6 unspecified atom stereocenters. The highest BCUT2D eigenvalue weighted by atomic mass is 16.5. The Hall–Kier alpha value is -2.10. The van der Waals surface area contributed by atoms with Gasteiger partial charge in [-0.3, -0.25) is 0 Å². The van der Waals surface area contributed by atoms with Crippen LogP contribution in [-0.2, 0) is 22.0 Å². The average molecular weight is 472 g/mol. The van der Waals surface area contributed by atoms with Gasteiger partial charge < -0.3 is 14.8 Å². The maximum Gasteiger partial charge on any atom is 0.108 e. The van der Waals surface area contributed by atoms with Crippen LogP contribution in [0.4, 0.5) is 0 Å². The lowest BCUT2D eigenvalue weighted by Crippen LogP contribution is -2.58. The Labute approximate surface area is 210 Å². The standard InChI is InChI=1S/C32H41NO2/c1-8-30(4,5)19-9-11-21-22-15-20-10-12-24-23-17-26(34)28(18(2)3)35-27(23)13-14-31(24,6)32(20,7)29(22)33-25(21)16-19/h8-9,11,16-17,20,24,26-28,33-34H,1-2,10,12-15H2,3-7H3/t20?,24?,26?,27?,28?,31?,32-/m1/s1. The molecule has 2 aromatic rings. The fourth-order valence-corrected chi connectivity index (χ4v) is 8.39. The molecule has 0 radical (unpaired) electrons. The average Bonchev–Trinajstić information content (AvgIpc) is 3.32. The number of nitrogens with one attached hydrogen (secondary N) is 1. The molecule has 1 aromatic carbocycles. The lowest BCUT2D eigenvalue weighted by molar-refractivity contribution is -0.101. The Balaban J connectivity index is 1.44. The molecular weight excluding hydrogens is 430 g/mol. The zero-order chi connectivity index (χ0) is 24.9. The van der Waals surface area contributed by atoms with Crippen molar-refractivity contribution >= 4 is 10.9 Å². The maximum atomic E-state index is 10.9. The molecule has 186 valence electrons. The van der Waals surface area contributed by atoms with E-state index in [1.54, 1.807) is 0 Å². The second-order valence-corrected chi connectivity index (χ2v) is 12.9. The molecule has 3 heteroatoms. The molecule has 2 heterocycles. The van der Waals surface area contributed by atoms with Crippen LogP contribution in [0.1, 0.15) is 77.1 Å². The maximum absolute atomic E-state index is 10.9. The number of aliphatic hydroxyl groups excluding tert-OH is 1. The highest BCUT2D eigenvalue weighted by Gasteiger charge is 2.63. The van der Waals surface area contributed by atoms with E-state index in [-0.39, 0.29) is 28.5 Å². The summed E-state index contributed by atoms with van der Waals surface area (Å²) >= 11 is 0. The summed E-state index contributed by atoms with van der Waals surface area (Å²) in [4.78, 5) is 3.97. The molecule has 0 bridgehead atoms. The van der Waals surface area contributed by atoms with Gasteiger partial charge in [0.05, 0.1) is 6.10 Å². The van der Waals surface area contributed by atoms with Crippen LogP contribution >= 0.6 is 0 Å². The number of ether oxygens (including phenoxy) is 1. The summed E-state index contributed by atoms with van der Waals surface area (Å²) < 4.78 is 6.44. The lowest BCUT2D eigenvalue weighted by Gasteiger charge is -2.61. The van der Waals surface area contributed by atoms with E-state index in [2.05, 4.69) is 70.1 Å². The van der Waals surface area contributed by atoms with Gasteiger partial charge in [0, 0.05) is 27.4 Å². The summed E-state index contributed by atoms with van der Waals surface area (Å²) in [5.41, 5.74) is 8.00. The smallest absolute Gasteiger partial charge is 0.108 e. The number of rotatable bonds is 3. The van der Waals surface area contributed by atoms with Crippen LogP contribution in [0.15, 0.2) is 54.7 Å². The molecule has 0 amide bonds. The second-order valence-electron chi connectivity index (χ2n) is 12.9. The van der Waals surface area contributed by atoms with E-state index < -0.39 is 6.10 Å². The van der Waals surface area contributed by atoms with Crippen molar-refractivity contribution in [3.05, 3.63) is 71.5 Å². The van der Waals surface area contributed by atoms with Gasteiger partial charge in [-0.2, -0.15) is 0 Å². The minimum atomic E-state index is -0.592. The van der Waals surface area contributed by atoms with Crippen LogP contribution < -0.4 is 0 Å². The highest BCUT2D eigenvalue weighted by molar-refractivity contribution is 5.87. The van der Waals surface area contributed by atoms with Crippen LogP contribution in [-0.4, -0.2) is 28.4 Å². The van der Waals surface area contributed by atoms with Crippen molar-refractivity contribution in [3.63, 3.8) is 0 Å². The van der Waals surface area contributed by atoms with Gasteiger partial charge in [0.1, 0.15) is 12.2 Å². The number of aliphatic hydroxyl groups is 1. The third-order valence-electron chi connectivity index (χ3n) is 10.9. The number of aromatic amines is 1. The number of aromatic nitrogens is 1. The van der Waals surface area contributed by atoms with E-state index in [4.69, 9.17) is 4.74 Å². The van der Waals surface area contributed by atoms with Crippen LogP contribution in [0.5, 0.6) is 0 Å². The van der Waals surface area contributed by atoms with E-state index in [0.717, 1.165) is 24.8 Å². The van der Waals surface area contributed by atoms with Gasteiger partial charge in [0.25, 0.3) is 0 Å². The van der Waals surface area contributed by atoms with Gasteiger partial charge in [-0.15, -0.1) is 6.58 Å². The molecule has 4 aliphatic rings. The normalized spacial score (nSPS) is 38.2. The van der Waals surface area contributed by atoms with Crippen molar-refractivity contribution in [2.45, 2.75) is 95.9 Å².